The van der Waals surface area contributed by atoms with Crippen molar-refractivity contribution >= 4 is 23.7 Å². The molecular weight excluding hydrogens is 436 g/mol. The van der Waals surface area contributed by atoms with Crippen LogP contribution in [-0.4, -0.2) is 81.0 Å². The van der Waals surface area contributed by atoms with E-state index in [2.05, 4.69) is 16.0 Å². The monoisotopic (exact) mass is 468 g/mol. The molecule has 0 aromatic heterocycles. The number of hydrogen-bond donors (Lipinski definition) is 8. The molecule has 184 valence electrons. The first-order valence-corrected chi connectivity index (χ1v) is 10.3. The first-order chi connectivity index (χ1) is 15.4. The minimum Gasteiger partial charge on any atom is -0.508 e. The quantitative estimate of drug-likeness (QED) is 0.167. The second kappa shape index (κ2) is 12.7. The smallest absolute Gasteiger partial charge is 0.326 e. The number of carboxylic acid groups (broad SMARTS) is 1. The molecule has 9 N–H and O–H groups in total. The number of carboxylic acids is 1. The second-order valence-electron chi connectivity index (χ2n) is 8.01. The number of aliphatic hydroxyl groups excluding tert-OH is 2. The van der Waals surface area contributed by atoms with Gasteiger partial charge in [0.15, 0.2) is 0 Å². The Hall–Kier alpha value is -3.22. The van der Waals surface area contributed by atoms with Crippen LogP contribution in [0.2, 0.25) is 0 Å². The van der Waals surface area contributed by atoms with Gasteiger partial charge in [0.05, 0.1) is 12.7 Å². The molecule has 33 heavy (non-hydrogen) atoms. The number of nitrogens with one attached hydrogen (secondary N) is 3. The summed E-state index contributed by atoms with van der Waals surface area (Å²) in [6.45, 7) is 3.75. The normalized spacial score (nSPS) is 15.6. The van der Waals surface area contributed by atoms with Gasteiger partial charge < -0.3 is 42.1 Å². The molecule has 0 spiro atoms. The summed E-state index contributed by atoms with van der Waals surface area (Å²) in [5, 5.41) is 44.8. The number of carbonyl (C=O) groups excluding carboxylic acids is 3. The van der Waals surface area contributed by atoms with Crippen molar-refractivity contribution in [1.82, 2.24) is 16.0 Å². The number of aliphatic carboxylic acids is 1. The average Bonchev–Trinajstić information content (AvgIpc) is 2.75. The van der Waals surface area contributed by atoms with Crippen molar-refractivity contribution in [2.24, 2.45) is 11.7 Å². The maximum atomic E-state index is 12.7. The highest BCUT2D eigenvalue weighted by atomic mass is 16.4. The third-order valence-electron chi connectivity index (χ3n) is 4.88. The van der Waals surface area contributed by atoms with Crippen LogP contribution in [-0.2, 0) is 25.6 Å². The third kappa shape index (κ3) is 8.67. The Labute approximate surface area is 191 Å². The molecule has 1 rings (SSSR count). The van der Waals surface area contributed by atoms with Crippen LogP contribution in [0.15, 0.2) is 24.3 Å². The molecular formula is C21H32N4O8. The summed E-state index contributed by atoms with van der Waals surface area (Å²) >= 11 is 0. The topological polar surface area (TPSA) is 211 Å². The van der Waals surface area contributed by atoms with E-state index in [1.807, 2.05) is 0 Å². The molecule has 0 bridgehead atoms. The Morgan fingerprint density at radius 3 is 1.91 bits per heavy atom. The maximum Gasteiger partial charge on any atom is 0.326 e. The molecule has 0 saturated heterocycles. The van der Waals surface area contributed by atoms with E-state index in [0.717, 1.165) is 0 Å². The number of nitrogens with two attached hydrogens (primary N) is 1. The van der Waals surface area contributed by atoms with Gasteiger partial charge >= 0.3 is 5.97 Å². The van der Waals surface area contributed by atoms with Crippen LogP contribution in [0.25, 0.3) is 0 Å². The Kier molecular flexibility index (Phi) is 10.7. The molecule has 0 aliphatic heterocycles. The van der Waals surface area contributed by atoms with Crippen molar-refractivity contribution in [3.05, 3.63) is 29.8 Å². The van der Waals surface area contributed by atoms with E-state index in [0.29, 0.717) is 5.56 Å². The SMILES string of the molecule is CC(C)C(NC(=O)C(N)C(C)O)C(=O)NC(CO)C(=O)NC(Cc1ccc(O)cc1)C(=O)O. The lowest BCUT2D eigenvalue weighted by Gasteiger charge is -2.26. The van der Waals surface area contributed by atoms with Gasteiger partial charge in [0, 0.05) is 6.42 Å². The van der Waals surface area contributed by atoms with Crippen molar-refractivity contribution in [1.29, 1.82) is 0 Å². The van der Waals surface area contributed by atoms with E-state index < -0.39 is 66.5 Å². The van der Waals surface area contributed by atoms with E-state index in [4.69, 9.17) is 5.73 Å². The number of benzene rings is 1. The minimum atomic E-state index is -1.48. The molecule has 5 unspecified atom stereocenters. The highest BCUT2D eigenvalue weighted by Crippen LogP contribution is 2.12. The molecule has 1 aromatic carbocycles. The van der Waals surface area contributed by atoms with Crippen LogP contribution in [0.4, 0.5) is 0 Å². The Morgan fingerprint density at radius 1 is 0.909 bits per heavy atom. The molecule has 12 nitrogen and oxygen atoms in total. The predicted molar refractivity (Wildman–Crippen MR) is 117 cm³/mol. The van der Waals surface area contributed by atoms with Crippen molar-refractivity contribution in [3.63, 3.8) is 0 Å². The molecule has 1 aromatic rings. The number of aliphatic hydroxyl groups is 2. The average molecular weight is 469 g/mol. The van der Waals surface area contributed by atoms with Gasteiger partial charge in [0.1, 0.15) is 29.9 Å². The molecule has 0 fully saturated rings. The Morgan fingerprint density at radius 2 is 1.45 bits per heavy atom. The zero-order chi connectivity index (χ0) is 25.3. The molecule has 12 heteroatoms. The van der Waals surface area contributed by atoms with Crippen LogP contribution in [0.1, 0.15) is 26.3 Å². The van der Waals surface area contributed by atoms with Crippen molar-refractivity contribution < 1.29 is 39.6 Å². The fourth-order valence-corrected chi connectivity index (χ4v) is 2.80. The van der Waals surface area contributed by atoms with Crippen LogP contribution in [0.3, 0.4) is 0 Å². The van der Waals surface area contributed by atoms with Gasteiger partial charge in [-0.1, -0.05) is 26.0 Å². The number of rotatable bonds is 12. The van der Waals surface area contributed by atoms with Gasteiger partial charge in [-0.15, -0.1) is 0 Å². The first kappa shape index (κ1) is 27.8. The predicted octanol–water partition coefficient (Wildman–Crippen LogP) is -2.17. The van der Waals surface area contributed by atoms with Gasteiger partial charge in [-0.3, -0.25) is 14.4 Å². The summed E-state index contributed by atoms with van der Waals surface area (Å²) in [5.41, 5.74) is 6.10. The number of phenols is 1. The summed E-state index contributed by atoms with van der Waals surface area (Å²) in [6.07, 6.45) is -1.26. The summed E-state index contributed by atoms with van der Waals surface area (Å²) < 4.78 is 0. The van der Waals surface area contributed by atoms with Crippen molar-refractivity contribution in [2.75, 3.05) is 6.61 Å². The summed E-state index contributed by atoms with van der Waals surface area (Å²) in [7, 11) is 0. The lowest BCUT2D eigenvalue weighted by Crippen LogP contribution is -2.60. The number of aromatic hydroxyl groups is 1. The van der Waals surface area contributed by atoms with Gasteiger partial charge in [-0.05, 0) is 30.5 Å². The Balaban J connectivity index is 2.86. The molecule has 0 radical (unpaired) electrons. The molecule has 0 heterocycles. The van der Waals surface area contributed by atoms with E-state index in [1.165, 1.54) is 31.2 Å². The number of phenolic OH excluding ortho intramolecular Hbond substituents is 1. The van der Waals surface area contributed by atoms with Crippen LogP contribution >= 0.6 is 0 Å². The van der Waals surface area contributed by atoms with Crippen LogP contribution in [0.5, 0.6) is 5.75 Å². The molecule has 0 aliphatic carbocycles. The Bertz CT molecular complexity index is 828. The second-order valence-corrected chi connectivity index (χ2v) is 8.01. The number of amides is 3. The first-order valence-electron chi connectivity index (χ1n) is 10.3. The fraction of sp³-hybridized carbons (Fsp3) is 0.524. The van der Waals surface area contributed by atoms with E-state index >= 15 is 0 Å². The molecule has 0 saturated carbocycles. The highest BCUT2D eigenvalue weighted by molar-refractivity contribution is 5.94. The minimum absolute atomic E-state index is 0.00100. The number of carbonyl (C=O) groups is 4. The standard InChI is InChI=1S/C21H32N4O8/c1-10(2)17(25-19(30)16(22)11(3)27)20(31)24-15(9-26)18(29)23-14(21(32)33)8-12-4-6-13(28)7-5-12/h4-7,10-11,14-17,26-28H,8-9,22H2,1-3H3,(H,23,29)(H,24,31)(H,25,30)(H,32,33). The molecule has 0 aliphatic rings. The largest absolute Gasteiger partial charge is 0.508 e. The van der Waals surface area contributed by atoms with Gasteiger partial charge in [0.2, 0.25) is 17.7 Å². The van der Waals surface area contributed by atoms with Crippen molar-refractivity contribution in [3.8, 4) is 5.75 Å². The summed E-state index contributed by atoms with van der Waals surface area (Å²) in [5.74, 6) is -4.28. The van der Waals surface area contributed by atoms with Crippen LogP contribution < -0.4 is 21.7 Å². The van der Waals surface area contributed by atoms with Crippen LogP contribution in [0, 0.1) is 5.92 Å². The third-order valence-corrected chi connectivity index (χ3v) is 4.88. The van der Waals surface area contributed by atoms with Gasteiger partial charge in [-0.25, -0.2) is 4.79 Å². The van der Waals surface area contributed by atoms with E-state index in [9.17, 15) is 39.6 Å². The maximum absolute atomic E-state index is 12.7. The van der Waals surface area contributed by atoms with Gasteiger partial charge in [0.25, 0.3) is 0 Å². The fourth-order valence-electron chi connectivity index (χ4n) is 2.80. The zero-order valence-corrected chi connectivity index (χ0v) is 18.7. The molecule has 5 atom stereocenters. The zero-order valence-electron chi connectivity index (χ0n) is 18.7. The lowest BCUT2D eigenvalue weighted by atomic mass is 10.0. The number of hydrogen-bond acceptors (Lipinski definition) is 8. The van der Waals surface area contributed by atoms with Crippen molar-refractivity contribution in [2.45, 2.75) is 57.5 Å². The molecule has 3 amide bonds. The van der Waals surface area contributed by atoms with E-state index in [-0.39, 0.29) is 12.2 Å². The summed E-state index contributed by atoms with van der Waals surface area (Å²) in [4.78, 5) is 48.9. The lowest BCUT2D eigenvalue weighted by molar-refractivity contribution is -0.142. The summed E-state index contributed by atoms with van der Waals surface area (Å²) in [6, 6.07) is 0.490. The van der Waals surface area contributed by atoms with E-state index in [1.54, 1.807) is 13.8 Å². The van der Waals surface area contributed by atoms with Gasteiger partial charge in [-0.2, -0.15) is 0 Å². The highest BCUT2D eigenvalue weighted by Gasteiger charge is 2.32.